The number of amides is 2. The second-order valence-corrected chi connectivity index (χ2v) is 8.00. The number of carbonyl (C=O) groups excluding carboxylic acids is 2. The Morgan fingerprint density at radius 2 is 2.04 bits per heavy atom. The van der Waals surface area contributed by atoms with Crippen molar-refractivity contribution in [2.45, 2.75) is 39.5 Å². The van der Waals surface area contributed by atoms with E-state index >= 15 is 0 Å². The minimum atomic E-state index is -0.242. The molecule has 26 heavy (non-hydrogen) atoms. The summed E-state index contributed by atoms with van der Waals surface area (Å²) in [7, 11) is 0. The number of piperidine rings is 1. The normalized spacial score (nSPS) is 17.4. The average Bonchev–Trinajstić information content (AvgIpc) is 3.13. The van der Waals surface area contributed by atoms with Crippen LogP contribution in [0.1, 0.15) is 53.0 Å². The molecule has 2 amide bonds. The molecule has 1 aromatic carbocycles. The molecule has 0 spiro atoms. The van der Waals surface area contributed by atoms with E-state index in [1.165, 1.54) is 11.3 Å². The summed E-state index contributed by atoms with van der Waals surface area (Å²) >= 11 is 1.32. The molecule has 0 unspecified atom stereocenters. The molecule has 3 rings (SSSR count). The van der Waals surface area contributed by atoms with Crippen molar-refractivity contribution in [1.82, 2.24) is 15.1 Å². The van der Waals surface area contributed by atoms with Crippen molar-refractivity contribution in [3.63, 3.8) is 0 Å². The molecule has 1 aromatic heterocycles. The molecule has 0 saturated carbocycles. The number of likely N-dealkylation sites (tertiary alicyclic amines) is 1. The number of nitrogens with one attached hydrogen (secondary N) is 1. The van der Waals surface area contributed by atoms with Gasteiger partial charge in [-0.3, -0.25) is 9.59 Å². The van der Waals surface area contributed by atoms with Gasteiger partial charge >= 0.3 is 0 Å². The largest absolute Gasteiger partial charge is 0.342 e. The maximum absolute atomic E-state index is 12.5. The van der Waals surface area contributed by atoms with Gasteiger partial charge in [-0.25, -0.2) is 0 Å². The minimum Gasteiger partial charge on any atom is -0.342 e. The van der Waals surface area contributed by atoms with Crippen LogP contribution >= 0.6 is 11.3 Å². The Balaban J connectivity index is 1.68. The van der Waals surface area contributed by atoms with E-state index in [9.17, 15) is 9.59 Å². The molecule has 7 heteroatoms. The SMILES string of the molecule is Cc1ccccc1NC(=O)c1nnc([C@@H]2CCCN(C(=O)C(C)C)C2)s1. The molecule has 1 N–H and O–H groups in total. The Morgan fingerprint density at radius 1 is 1.27 bits per heavy atom. The third kappa shape index (κ3) is 4.09. The molecule has 2 heterocycles. The van der Waals surface area contributed by atoms with E-state index < -0.39 is 0 Å². The zero-order valence-electron chi connectivity index (χ0n) is 15.4. The Hall–Kier alpha value is -2.28. The number of benzene rings is 1. The summed E-state index contributed by atoms with van der Waals surface area (Å²) in [6.45, 7) is 7.25. The summed E-state index contributed by atoms with van der Waals surface area (Å²) in [5, 5.41) is 12.4. The Morgan fingerprint density at radius 3 is 2.77 bits per heavy atom. The molecule has 138 valence electrons. The fourth-order valence-corrected chi connectivity index (χ4v) is 3.99. The van der Waals surface area contributed by atoms with Gasteiger partial charge in [-0.15, -0.1) is 10.2 Å². The molecule has 0 aliphatic carbocycles. The van der Waals surface area contributed by atoms with Gasteiger partial charge in [0.25, 0.3) is 5.91 Å². The number of aryl methyl sites for hydroxylation is 1. The highest BCUT2D eigenvalue weighted by Crippen LogP contribution is 2.30. The van der Waals surface area contributed by atoms with E-state index in [-0.39, 0.29) is 23.7 Å². The first-order chi connectivity index (χ1) is 12.5. The molecule has 6 nitrogen and oxygen atoms in total. The van der Waals surface area contributed by atoms with Gasteiger partial charge in [-0.05, 0) is 31.4 Å². The summed E-state index contributed by atoms with van der Waals surface area (Å²) in [5.41, 5.74) is 1.78. The molecule has 1 aliphatic heterocycles. The Labute approximate surface area is 157 Å². The first-order valence-electron chi connectivity index (χ1n) is 8.95. The Kier molecular flexibility index (Phi) is 5.66. The van der Waals surface area contributed by atoms with Gasteiger partial charge in [0.2, 0.25) is 10.9 Å². The number of para-hydroxylation sites is 1. The monoisotopic (exact) mass is 372 g/mol. The number of hydrogen-bond acceptors (Lipinski definition) is 5. The van der Waals surface area contributed by atoms with Crippen LogP contribution in [0.4, 0.5) is 5.69 Å². The highest BCUT2D eigenvalue weighted by Gasteiger charge is 2.29. The summed E-state index contributed by atoms with van der Waals surface area (Å²) in [6, 6.07) is 7.63. The summed E-state index contributed by atoms with van der Waals surface area (Å²) in [5.74, 6) is 0.0910. The first kappa shape index (κ1) is 18.5. The van der Waals surface area contributed by atoms with Crippen molar-refractivity contribution in [2.75, 3.05) is 18.4 Å². The lowest BCUT2D eigenvalue weighted by Gasteiger charge is -2.32. The lowest BCUT2D eigenvalue weighted by Crippen LogP contribution is -2.41. The third-order valence-electron chi connectivity index (χ3n) is 4.60. The number of rotatable bonds is 4. The van der Waals surface area contributed by atoms with Crippen LogP contribution in [0.25, 0.3) is 0 Å². The van der Waals surface area contributed by atoms with Crippen molar-refractivity contribution in [1.29, 1.82) is 0 Å². The topological polar surface area (TPSA) is 75.2 Å². The van der Waals surface area contributed by atoms with Crippen molar-refractivity contribution in [2.24, 2.45) is 5.92 Å². The van der Waals surface area contributed by atoms with E-state index in [1.54, 1.807) is 0 Å². The molecular weight excluding hydrogens is 348 g/mol. The van der Waals surface area contributed by atoms with Gasteiger partial charge in [0, 0.05) is 30.6 Å². The highest BCUT2D eigenvalue weighted by molar-refractivity contribution is 7.13. The third-order valence-corrected chi connectivity index (χ3v) is 5.69. The van der Waals surface area contributed by atoms with Gasteiger partial charge in [0.15, 0.2) is 0 Å². The second-order valence-electron chi connectivity index (χ2n) is 6.99. The fourth-order valence-electron chi connectivity index (χ4n) is 3.12. The maximum Gasteiger partial charge on any atom is 0.286 e. The quantitative estimate of drug-likeness (QED) is 0.892. The maximum atomic E-state index is 12.5. The fraction of sp³-hybridized carbons (Fsp3) is 0.474. The van der Waals surface area contributed by atoms with Crippen molar-refractivity contribution >= 4 is 28.8 Å². The predicted octanol–water partition coefficient (Wildman–Crippen LogP) is 3.46. The van der Waals surface area contributed by atoms with Gasteiger partial charge in [-0.2, -0.15) is 0 Å². The van der Waals surface area contributed by atoms with Crippen LogP contribution in [0.15, 0.2) is 24.3 Å². The van der Waals surface area contributed by atoms with Crippen LogP contribution in [-0.2, 0) is 4.79 Å². The van der Waals surface area contributed by atoms with Crippen LogP contribution < -0.4 is 5.32 Å². The van der Waals surface area contributed by atoms with Gasteiger partial charge in [0.05, 0.1) is 0 Å². The summed E-state index contributed by atoms with van der Waals surface area (Å²) in [6.07, 6.45) is 1.92. The zero-order valence-corrected chi connectivity index (χ0v) is 16.2. The van der Waals surface area contributed by atoms with Crippen LogP contribution in [0.2, 0.25) is 0 Å². The molecular formula is C19H24N4O2S. The van der Waals surface area contributed by atoms with Crippen LogP contribution in [0, 0.1) is 12.8 Å². The molecule has 1 aliphatic rings. The minimum absolute atomic E-state index is 0.00128. The molecule has 0 radical (unpaired) electrons. The summed E-state index contributed by atoms with van der Waals surface area (Å²) < 4.78 is 0. The standard InChI is InChI=1S/C19H24N4O2S/c1-12(2)19(25)23-10-6-8-14(11-23)17-21-22-18(26-17)16(24)20-15-9-5-4-7-13(15)3/h4-5,7,9,12,14H,6,8,10-11H2,1-3H3,(H,20,24)/t14-/m1/s1. The van der Waals surface area contributed by atoms with Gasteiger partial charge in [-0.1, -0.05) is 43.4 Å². The predicted molar refractivity (Wildman–Crippen MR) is 102 cm³/mol. The van der Waals surface area contributed by atoms with Gasteiger partial charge in [0.1, 0.15) is 5.01 Å². The number of hydrogen-bond donors (Lipinski definition) is 1. The van der Waals surface area contributed by atoms with Crippen molar-refractivity contribution in [3.8, 4) is 0 Å². The molecule has 1 fully saturated rings. The van der Waals surface area contributed by atoms with E-state index in [4.69, 9.17) is 0 Å². The number of nitrogens with zero attached hydrogens (tertiary/aromatic N) is 3. The van der Waals surface area contributed by atoms with Crippen molar-refractivity contribution in [3.05, 3.63) is 39.8 Å². The molecule has 0 bridgehead atoms. The van der Waals surface area contributed by atoms with Crippen LogP contribution in [0.3, 0.4) is 0 Å². The van der Waals surface area contributed by atoms with E-state index in [2.05, 4.69) is 15.5 Å². The average molecular weight is 372 g/mol. The number of anilines is 1. The van der Waals surface area contributed by atoms with Crippen LogP contribution in [0.5, 0.6) is 0 Å². The summed E-state index contributed by atoms with van der Waals surface area (Å²) in [4.78, 5) is 26.6. The lowest BCUT2D eigenvalue weighted by atomic mass is 9.97. The highest BCUT2D eigenvalue weighted by atomic mass is 32.1. The van der Waals surface area contributed by atoms with E-state index in [0.717, 1.165) is 35.6 Å². The van der Waals surface area contributed by atoms with E-state index in [1.807, 2.05) is 49.9 Å². The number of carbonyl (C=O) groups is 2. The first-order valence-corrected chi connectivity index (χ1v) is 9.76. The molecule has 1 atom stereocenters. The van der Waals surface area contributed by atoms with Crippen LogP contribution in [-0.4, -0.2) is 40.0 Å². The van der Waals surface area contributed by atoms with E-state index in [0.29, 0.717) is 11.6 Å². The smallest absolute Gasteiger partial charge is 0.286 e. The van der Waals surface area contributed by atoms with Gasteiger partial charge < -0.3 is 10.2 Å². The molecule has 1 saturated heterocycles. The molecule has 2 aromatic rings. The Bertz CT molecular complexity index is 802. The zero-order chi connectivity index (χ0) is 18.7. The number of aromatic nitrogens is 2. The van der Waals surface area contributed by atoms with Crippen molar-refractivity contribution < 1.29 is 9.59 Å². The lowest BCUT2D eigenvalue weighted by molar-refractivity contribution is -0.135. The second kappa shape index (κ2) is 7.95.